The van der Waals surface area contributed by atoms with Crippen LogP contribution in [0.3, 0.4) is 0 Å². The average Bonchev–Trinajstić information content (AvgIpc) is 2.77. The number of nitrogens with zero attached hydrogens (tertiary/aromatic N) is 2. The number of hydrogen-bond donors (Lipinski definition) is 1. The normalized spacial score (nSPS) is 23.1. The quantitative estimate of drug-likeness (QED) is 0.801. The van der Waals surface area contributed by atoms with Gasteiger partial charge in [-0.15, -0.1) is 10.2 Å². The zero-order valence-corrected chi connectivity index (χ0v) is 11.4. The summed E-state index contributed by atoms with van der Waals surface area (Å²) in [5, 5.41) is 10.4. The molecular weight excluding hydrogens is 254 g/mol. The Hall–Kier alpha value is -0.950. The molecule has 0 aliphatic carbocycles. The van der Waals surface area contributed by atoms with Gasteiger partial charge >= 0.3 is 0 Å². The highest BCUT2D eigenvalue weighted by atomic mass is 32.2. The summed E-state index contributed by atoms with van der Waals surface area (Å²) in [6.45, 7) is 3.67. The van der Waals surface area contributed by atoms with E-state index in [0.717, 1.165) is 25.9 Å². The SMILES string of the molecule is CCNCCc1nnc(C2CCCCS2(=O)=O)o1. The molecule has 1 fully saturated rings. The van der Waals surface area contributed by atoms with E-state index in [2.05, 4.69) is 15.5 Å². The molecule has 102 valence electrons. The van der Waals surface area contributed by atoms with Gasteiger partial charge in [0.05, 0.1) is 5.75 Å². The van der Waals surface area contributed by atoms with E-state index in [1.165, 1.54) is 0 Å². The molecule has 0 radical (unpaired) electrons. The van der Waals surface area contributed by atoms with E-state index in [1.54, 1.807) is 0 Å². The van der Waals surface area contributed by atoms with Gasteiger partial charge in [0.25, 0.3) is 0 Å². The molecule has 1 atom stereocenters. The number of aromatic nitrogens is 2. The van der Waals surface area contributed by atoms with Crippen molar-refractivity contribution in [2.75, 3.05) is 18.8 Å². The van der Waals surface area contributed by atoms with Crippen molar-refractivity contribution in [3.05, 3.63) is 11.8 Å². The van der Waals surface area contributed by atoms with Gasteiger partial charge in [-0.05, 0) is 19.4 Å². The molecule has 1 saturated heterocycles. The second-order valence-corrected chi connectivity index (χ2v) is 6.79. The summed E-state index contributed by atoms with van der Waals surface area (Å²) < 4.78 is 29.3. The van der Waals surface area contributed by atoms with Gasteiger partial charge in [-0.3, -0.25) is 0 Å². The minimum Gasteiger partial charge on any atom is -0.424 e. The Morgan fingerprint density at radius 1 is 1.39 bits per heavy atom. The molecule has 0 aromatic carbocycles. The fourth-order valence-corrected chi connectivity index (χ4v) is 3.92. The maximum atomic E-state index is 11.9. The summed E-state index contributed by atoms with van der Waals surface area (Å²) in [6, 6.07) is 0. The molecule has 1 aromatic heterocycles. The summed E-state index contributed by atoms with van der Waals surface area (Å²) in [7, 11) is -3.10. The first-order valence-corrected chi connectivity index (χ1v) is 8.09. The van der Waals surface area contributed by atoms with E-state index < -0.39 is 15.1 Å². The number of sulfone groups is 1. The first-order chi connectivity index (χ1) is 8.63. The smallest absolute Gasteiger partial charge is 0.234 e. The molecule has 1 aromatic rings. The molecule has 18 heavy (non-hydrogen) atoms. The fraction of sp³-hybridized carbons (Fsp3) is 0.818. The van der Waals surface area contributed by atoms with E-state index >= 15 is 0 Å². The molecule has 6 nitrogen and oxygen atoms in total. The number of rotatable bonds is 5. The molecule has 0 spiro atoms. The third kappa shape index (κ3) is 3.08. The molecule has 1 aliphatic rings. The Morgan fingerprint density at radius 2 is 2.22 bits per heavy atom. The minimum atomic E-state index is -3.10. The van der Waals surface area contributed by atoms with E-state index in [0.29, 0.717) is 18.7 Å². The molecule has 0 amide bonds. The maximum Gasteiger partial charge on any atom is 0.234 e. The molecule has 7 heteroatoms. The highest BCUT2D eigenvalue weighted by Crippen LogP contribution is 2.32. The van der Waals surface area contributed by atoms with Crippen LogP contribution in [0.25, 0.3) is 0 Å². The van der Waals surface area contributed by atoms with Crippen molar-refractivity contribution in [3.8, 4) is 0 Å². The Bertz CT molecular complexity index is 483. The van der Waals surface area contributed by atoms with Crippen molar-refractivity contribution in [3.63, 3.8) is 0 Å². The van der Waals surface area contributed by atoms with Gasteiger partial charge in [-0.25, -0.2) is 8.42 Å². The molecule has 2 rings (SSSR count). The van der Waals surface area contributed by atoms with Crippen LogP contribution < -0.4 is 5.32 Å². The van der Waals surface area contributed by atoms with Gasteiger partial charge in [0.15, 0.2) is 9.84 Å². The Morgan fingerprint density at radius 3 is 2.94 bits per heavy atom. The zero-order valence-electron chi connectivity index (χ0n) is 10.6. The van der Waals surface area contributed by atoms with Crippen LogP contribution in [0.15, 0.2) is 4.42 Å². The Balaban J connectivity index is 2.04. The average molecular weight is 273 g/mol. The van der Waals surface area contributed by atoms with Gasteiger partial charge in [-0.1, -0.05) is 13.3 Å². The van der Waals surface area contributed by atoms with Crippen LogP contribution in [0.5, 0.6) is 0 Å². The number of nitrogens with one attached hydrogen (secondary N) is 1. The summed E-state index contributed by atoms with van der Waals surface area (Å²) in [5.74, 6) is 1.00. The van der Waals surface area contributed by atoms with E-state index in [4.69, 9.17) is 4.42 Å². The highest BCUT2D eigenvalue weighted by Gasteiger charge is 2.34. The summed E-state index contributed by atoms with van der Waals surface area (Å²) in [5.41, 5.74) is 0. The molecule has 2 heterocycles. The van der Waals surface area contributed by atoms with Crippen LogP contribution in [-0.4, -0.2) is 37.5 Å². The van der Waals surface area contributed by atoms with Crippen LogP contribution >= 0.6 is 0 Å². The van der Waals surface area contributed by atoms with Gasteiger partial charge in [-0.2, -0.15) is 0 Å². The van der Waals surface area contributed by atoms with Gasteiger partial charge in [0.2, 0.25) is 11.8 Å². The third-order valence-electron chi connectivity index (χ3n) is 3.10. The zero-order chi connectivity index (χ0) is 13.0. The highest BCUT2D eigenvalue weighted by molar-refractivity contribution is 7.91. The lowest BCUT2D eigenvalue weighted by Gasteiger charge is -2.18. The van der Waals surface area contributed by atoms with Gasteiger partial charge in [0.1, 0.15) is 5.25 Å². The fourth-order valence-electron chi connectivity index (χ4n) is 2.10. The van der Waals surface area contributed by atoms with Gasteiger partial charge in [0, 0.05) is 13.0 Å². The lowest BCUT2D eigenvalue weighted by molar-refractivity contribution is 0.420. The molecule has 1 N–H and O–H groups in total. The first-order valence-electron chi connectivity index (χ1n) is 6.38. The van der Waals surface area contributed by atoms with Crippen molar-refractivity contribution in [1.82, 2.24) is 15.5 Å². The second-order valence-electron chi connectivity index (χ2n) is 4.49. The second kappa shape index (κ2) is 5.79. The first kappa shape index (κ1) is 13.5. The minimum absolute atomic E-state index is 0.229. The molecular formula is C11H19N3O3S. The third-order valence-corrected chi connectivity index (χ3v) is 5.26. The maximum absolute atomic E-state index is 11.9. The van der Waals surface area contributed by atoms with Crippen LogP contribution in [0.2, 0.25) is 0 Å². The van der Waals surface area contributed by atoms with Crippen LogP contribution in [0.4, 0.5) is 0 Å². The largest absolute Gasteiger partial charge is 0.424 e. The van der Waals surface area contributed by atoms with Crippen molar-refractivity contribution in [2.45, 2.75) is 37.9 Å². The number of hydrogen-bond acceptors (Lipinski definition) is 6. The Kier molecular flexibility index (Phi) is 4.34. The van der Waals surface area contributed by atoms with Crippen molar-refractivity contribution < 1.29 is 12.8 Å². The van der Waals surface area contributed by atoms with Crippen LogP contribution in [0, 0.1) is 0 Å². The van der Waals surface area contributed by atoms with Crippen LogP contribution in [0.1, 0.15) is 43.2 Å². The summed E-state index contributed by atoms with van der Waals surface area (Å²) in [6.07, 6.45) is 2.87. The van der Waals surface area contributed by atoms with Crippen molar-refractivity contribution in [1.29, 1.82) is 0 Å². The van der Waals surface area contributed by atoms with E-state index in [9.17, 15) is 8.42 Å². The predicted molar refractivity (Wildman–Crippen MR) is 66.9 cm³/mol. The lowest BCUT2D eigenvalue weighted by Crippen LogP contribution is -2.21. The molecule has 0 saturated carbocycles. The van der Waals surface area contributed by atoms with E-state index in [-0.39, 0.29) is 11.6 Å². The summed E-state index contributed by atoms with van der Waals surface area (Å²) >= 11 is 0. The monoisotopic (exact) mass is 273 g/mol. The molecule has 1 aliphatic heterocycles. The predicted octanol–water partition coefficient (Wildman–Crippen LogP) is 0.861. The molecule has 0 bridgehead atoms. The topological polar surface area (TPSA) is 85.1 Å². The standard InChI is InChI=1S/C11H19N3O3S/c1-2-12-7-6-10-13-14-11(17-10)9-5-3-4-8-18(9,15)16/h9,12H,2-8H2,1H3. The van der Waals surface area contributed by atoms with Crippen molar-refractivity contribution >= 4 is 9.84 Å². The lowest BCUT2D eigenvalue weighted by atomic mass is 10.2. The summed E-state index contributed by atoms with van der Waals surface area (Å²) in [4.78, 5) is 0. The van der Waals surface area contributed by atoms with Crippen LogP contribution in [-0.2, 0) is 16.3 Å². The number of likely N-dealkylation sites (N-methyl/N-ethyl adjacent to an activating group) is 1. The molecule has 1 unspecified atom stereocenters. The van der Waals surface area contributed by atoms with Gasteiger partial charge < -0.3 is 9.73 Å². The Labute approximate surface area is 107 Å². The van der Waals surface area contributed by atoms with Crippen molar-refractivity contribution in [2.24, 2.45) is 0 Å². The van der Waals surface area contributed by atoms with E-state index in [1.807, 2.05) is 6.92 Å².